The van der Waals surface area contributed by atoms with Crippen LogP contribution < -0.4 is 11.1 Å². The minimum absolute atomic E-state index is 0. The third-order valence-electron chi connectivity index (χ3n) is 4.41. The molecule has 1 aliphatic heterocycles. The van der Waals surface area contributed by atoms with E-state index < -0.39 is 0 Å². The topological polar surface area (TPSA) is 38.0 Å². The first kappa shape index (κ1) is 19.0. The van der Waals surface area contributed by atoms with Crippen molar-refractivity contribution in [2.75, 3.05) is 13.1 Å². The van der Waals surface area contributed by atoms with Gasteiger partial charge < -0.3 is 11.1 Å². The number of rotatable bonds is 4. The Hall–Kier alpha value is -1.06. The molecule has 2 aromatic carbocycles. The molecule has 1 atom stereocenters. The van der Waals surface area contributed by atoms with Crippen LogP contribution in [0.25, 0.3) is 0 Å². The molecule has 4 heteroatoms. The van der Waals surface area contributed by atoms with E-state index in [1.54, 1.807) is 0 Å². The van der Waals surface area contributed by atoms with Crippen LogP contribution in [0.15, 0.2) is 54.6 Å². The van der Waals surface area contributed by atoms with Gasteiger partial charge in [-0.15, -0.1) is 24.8 Å². The fourth-order valence-corrected chi connectivity index (χ4v) is 3.43. The van der Waals surface area contributed by atoms with Crippen molar-refractivity contribution in [3.8, 4) is 0 Å². The van der Waals surface area contributed by atoms with Gasteiger partial charge in [-0.25, -0.2) is 0 Å². The molecule has 1 heterocycles. The fourth-order valence-electron chi connectivity index (χ4n) is 3.43. The van der Waals surface area contributed by atoms with Gasteiger partial charge in [0, 0.05) is 18.5 Å². The third kappa shape index (κ3) is 3.47. The summed E-state index contributed by atoms with van der Waals surface area (Å²) in [7, 11) is 0. The third-order valence-corrected chi connectivity index (χ3v) is 4.41. The van der Waals surface area contributed by atoms with Crippen LogP contribution >= 0.6 is 24.8 Å². The predicted octanol–water partition coefficient (Wildman–Crippen LogP) is 3.66. The van der Waals surface area contributed by atoms with Crippen molar-refractivity contribution in [2.24, 2.45) is 5.73 Å². The van der Waals surface area contributed by atoms with E-state index in [2.05, 4.69) is 59.9 Å². The highest BCUT2D eigenvalue weighted by Crippen LogP contribution is 2.40. The smallest absolute Gasteiger partial charge is 0.0331 e. The molecule has 0 fully saturated rings. The van der Waals surface area contributed by atoms with Gasteiger partial charge in [0.25, 0.3) is 0 Å². The number of nitrogens with two attached hydrogens (primary N) is 1. The van der Waals surface area contributed by atoms with E-state index in [1.165, 1.54) is 16.7 Å². The minimum Gasteiger partial charge on any atom is -0.330 e. The fraction of sp³-hybridized carbons (Fsp3) is 0.333. The zero-order valence-electron chi connectivity index (χ0n) is 12.6. The summed E-state index contributed by atoms with van der Waals surface area (Å²) in [6.45, 7) is 2.71. The molecule has 120 valence electrons. The number of benzene rings is 2. The van der Waals surface area contributed by atoms with Crippen molar-refractivity contribution < 1.29 is 0 Å². The van der Waals surface area contributed by atoms with E-state index in [0.717, 1.165) is 32.5 Å². The van der Waals surface area contributed by atoms with E-state index >= 15 is 0 Å². The Morgan fingerprint density at radius 3 is 2.36 bits per heavy atom. The van der Waals surface area contributed by atoms with E-state index in [1.807, 2.05) is 0 Å². The summed E-state index contributed by atoms with van der Waals surface area (Å²) < 4.78 is 0. The van der Waals surface area contributed by atoms with Gasteiger partial charge in [0.05, 0.1) is 0 Å². The molecule has 2 aromatic rings. The second-order valence-electron chi connectivity index (χ2n) is 5.60. The molecule has 0 aliphatic carbocycles. The Morgan fingerprint density at radius 2 is 1.64 bits per heavy atom. The number of fused-ring (bicyclic) bond motifs is 1. The van der Waals surface area contributed by atoms with Crippen LogP contribution in [0.5, 0.6) is 0 Å². The Bertz CT molecular complexity index is 574. The number of halogens is 2. The highest BCUT2D eigenvalue weighted by Gasteiger charge is 2.37. The first-order chi connectivity index (χ1) is 9.87. The maximum Gasteiger partial charge on any atom is 0.0331 e. The molecular weight excluding hydrogens is 315 g/mol. The lowest BCUT2D eigenvalue weighted by Crippen LogP contribution is -2.44. The molecular formula is C18H24Cl2N2. The summed E-state index contributed by atoms with van der Waals surface area (Å²) in [6, 6.07) is 19.7. The maximum atomic E-state index is 5.78. The summed E-state index contributed by atoms with van der Waals surface area (Å²) in [6.07, 6.45) is 2.14. The van der Waals surface area contributed by atoms with Crippen molar-refractivity contribution in [1.29, 1.82) is 0 Å². The second kappa shape index (κ2) is 8.54. The van der Waals surface area contributed by atoms with Gasteiger partial charge in [-0.1, -0.05) is 54.6 Å². The van der Waals surface area contributed by atoms with Gasteiger partial charge in [-0.3, -0.25) is 0 Å². The molecule has 3 N–H and O–H groups in total. The molecule has 0 saturated carbocycles. The highest BCUT2D eigenvalue weighted by atomic mass is 35.5. The van der Waals surface area contributed by atoms with E-state index in [-0.39, 0.29) is 30.2 Å². The van der Waals surface area contributed by atoms with Gasteiger partial charge >= 0.3 is 0 Å². The lowest BCUT2D eigenvalue weighted by Gasteiger charge is -2.40. The van der Waals surface area contributed by atoms with Gasteiger partial charge in [0.15, 0.2) is 0 Å². The van der Waals surface area contributed by atoms with Crippen LogP contribution in [0.4, 0.5) is 0 Å². The van der Waals surface area contributed by atoms with Crippen LogP contribution in [-0.4, -0.2) is 13.1 Å². The summed E-state index contributed by atoms with van der Waals surface area (Å²) in [5.74, 6) is 0. The van der Waals surface area contributed by atoms with Crippen molar-refractivity contribution >= 4 is 24.8 Å². The van der Waals surface area contributed by atoms with Gasteiger partial charge in [0.1, 0.15) is 0 Å². The molecule has 0 bridgehead atoms. The average Bonchev–Trinajstić information content (AvgIpc) is 2.54. The first-order valence-electron chi connectivity index (χ1n) is 7.41. The van der Waals surface area contributed by atoms with Crippen LogP contribution in [0.2, 0.25) is 0 Å². The second-order valence-corrected chi connectivity index (χ2v) is 5.60. The molecule has 22 heavy (non-hydrogen) atoms. The van der Waals surface area contributed by atoms with Crippen molar-refractivity contribution in [3.63, 3.8) is 0 Å². The van der Waals surface area contributed by atoms with Gasteiger partial charge in [-0.2, -0.15) is 0 Å². The van der Waals surface area contributed by atoms with Crippen molar-refractivity contribution in [1.82, 2.24) is 5.32 Å². The summed E-state index contributed by atoms with van der Waals surface area (Å²) in [4.78, 5) is 0. The Labute approximate surface area is 145 Å². The van der Waals surface area contributed by atoms with Gasteiger partial charge in [-0.05, 0) is 36.1 Å². The number of nitrogens with one attached hydrogen (secondary N) is 1. The Balaban J connectivity index is 0.00000121. The molecule has 0 aromatic heterocycles. The molecule has 0 radical (unpaired) electrons. The molecule has 2 nitrogen and oxygen atoms in total. The molecule has 0 spiro atoms. The molecule has 3 rings (SSSR count). The lowest BCUT2D eigenvalue weighted by molar-refractivity contribution is 0.396. The van der Waals surface area contributed by atoms with Crippen molar-refractivity contribution in [2.45, 2.75) is 24.8 Å². The summed E-state index contributed by atoms with van der Waals surface area (Å²) in [5.41, 5.74) is 10.1. The first-order valence-corrected chi connectivity index (χ1v) is 7.41. The quantitative estimate of drug-likeness (QED) is 0.892. The van der Waals surface area contributed by atoms with Crippen LogP contribution in [-0.2, 0) is 12.0 Å². The zero-order chi connectivity index (χ0) is 13.8. The zero-order valence-corrected chi connectivity index (χ0v) is 14.3. The number of hydrogen-bond acceptors (Lipinski definition) is 2. The highest BCUT2D eigenvalue weighted by molar-refractivity contribution is 5.85. The van der Waals surface area contributed by atoms with E-state index in [4.69, 9.17) is 5.73 Å². The standard InChI is InChI=1S/C18H22N2.2ClH/c19-12-6-11-18(16-8-2-1-3-9-16)14-20-13-15-7-4-5-10-17(15)18;;/h1-5,7-10,20H,6,11-14,19H2;2*1H. The summed E-state index contributed by atoms with van der Waals surface area (Å²) >= 11 is 0. The molecule has 1 unspecified atom stereocenters. The monoisotopic (exact) mass is 338 g/mol. The van der Waals surface area contributed by atoms with E-state index in [0.29, 0.717) is 0 Å². The van der Waals surface area contributed by atoms with Crippen LogP contribution in [0.3, 0.4) is 0 Å². The van der Waals surface area contributed by atoms with E-state index in [9.17, 15) is 0 Å². The molecule has 1 aliphatic rings. The SMILES string of the molecule is Cl.Cl.NCCCC1(c2ccccc2)CNCc2ccccc21. The molecule has 0 amide bonds. The van der Waals surface area contributed by atoms with Crippen LogP contribution in [0.1, 0.15) is 29.5 Å². The van der Waals surface area contributed by atoms with Crippen molar-refractivity contribution in [3.05, 3.63) is 71.3 Å². The number of hydrogen-bond donors (Lipinski definition) is 2. The average molecular weight is 339 g/mol. The maximum absolute atomic E-state index is 5.78. The van der Waals surface area contributed by atoms with Gasteiger partial charge in [0.2, 0.25) is 0 Å². The lowest BCUT2D eigenvalue weighted by atomic mass is 9.68. The van der Waals surface area contributed by atoms with Crippen LogP contribution in [0, 0.1) is 0 Å². The normalized spacial score (nSPS) is 19.5. The predicted molar refractivity (Wildman–Crippen MR) is 98.2 cm³/mol. The molecule has 0 saturated heterocycles. The Morgan fingerprint density at radius 1 is 0.955 bits per heavy atom. The largest absolute Gasteiger partial charge is 0.330 e. The summed E-state index contributed by atoms with van der Waals surface area (Å²) in [5, 5.41) is 3.60. The minimum atomic E-state index is 0. The Kier molecular flexibility index (Phi) is 7.37.